The normalized spacial score (nSPS) is 10.9. The number of fused-ring (bicyclic) bond motifs is 1. The third-order valence-corrected chi connectivity index (χ3v) is 3.12. The van der Waals surface area contributed by atoms with Gasteiger partial charge in [-0.2, -0.15) is 0 Å². The lowest BCUT2D eigenvalue weighted by Crippen LogP contribution is -1.78. The Hall–Kier alpha value is -1.80. The summed E-state index contributed by atoms with van der Waals surface area (Å²) in [4.78, 5) is 7.67. The molecular formula is C14H11ClN2. The molecule has 0 amide bonds. The molecule has 0 bridgehead atoms. The van der Waals surface area contributed by atoms with E-state index in [-0.39, 0.29) is 0 Å². The number of benzene rings is 1. The van der Waals surface area contributed by atoms with Gasteiger partial charge in [0.05, 0.1) is 0 Å². The molecule has 1 aromatic carbocycles. The van der Waals surface area contributed by atoms with E-state index in [1.807, 2.05) is 43.5 Å². The van der Waals surface area contributed by atoms with Crippen LogP contribution in [0.15, 0.2) is 42.6 Å². The number of halogens is 1. The third kappa shape index (κ3) is 1.81. The minimum atomic E-state index is 0.746. The van der Waals surface area contributed by atoms with Crippen molar-refractivity contribution >= 4 is 22.5 Å². The monoisotopic (exact) mass is 242 g/mol. The van der Waals surface area contributed by atoms with Crippen molar-refractivity contribution in [2.24, 2.45) is 0 Å². The highest BCUT2D eigenvalue weighted by Gasteiger charge is 2.05. The molecule has 17 heavy (non-hydrogen) atoms. The van der Waals surface area contributed by atoms with Crippen molar-refractivity contribution in [3.63, 3.8) is 0 Å². The van der Waals surface area contributed by atoms with E-state index in [1.54, 1.807) is 0 Å². The van der Waals surface area contributed by atoms with Crippen molar-refractivity contribution in [3.8, 4) is 11.3 Å². The van der Waals surface area contributed by atoms with Gasteiger partial charge in [-0.05, 0) is 36.8 Å². The van der Waals surface area contributed by atoms with Gasteiger partial charge < -0.3 is 4.98 Å². The molecule has 0 atom stereocenters. The van der Waals surface area contributed by atoms with Gasteiger partial charge in [0.25, 0.3) is 0 Å². The Morgan fingerprint density at radius 3 is 2.82 bits per heavy atom. The molecule has 2 heterocycles. The average molecular weight is 243 g/mol. The van der Waals surface area contributed by atoms with E-state index in [1.165, 1.54) is 0 Å². The fraction of sp³-hybridized carbons (Fsp3) is 0.0714. The number of rotatable bonds is 1. The van der Waals surface area contributed by atoms with E-state index in [2.05, 4.69) is 16.0 Å². The molecule has 3 rings (SSSR count). The molecule has 2 nitrogen and oxygen atoms in total. The van der Waals surface area contributed by atoms with Crippen LogP contribution in [0.4, 0.5) is 0 Å². The number of aromatic amines is 1. The van der Waals surface area contributed by atoms with Crippen LogP contribution in [0.2, 0.25) is 5.02 Å². The van der Waals surface area contributed by atoms with Gasteiger partial charge in [-0.25, -0.2) is 0 Å². The standard InChI is InChI=1S/C14H11ClN2/c1-9-12-8-14(17-13(12)5-6-16-9)10-3-2-4-11(15)7-10/h2-8,17H,1H3. The second-order valence-corrected chi connectivity index (χ2v) is 4.49. The zero-order chi connectivity index (χ0) is 11.8. The second-order valence-electron chi connectivity index (χ2n) is 4.05. The van der Waals surface area contributed by atoms with E-state index < -0.39 is 0 Å². The summed E-state index contributed by atoms with van der Waals surface area (Å²) in [5, 5.41) is 1.90. The molecule has 0 aliphatic rings. The fourth-order valence-corrected chi connectivity index (χ4v) is 2.20. The maximum absolute atomic E-state index is 6.00. The van der Waals surface area contributed by atoms with Gasteiger partial charge in [0.2, 0.25) is 0 Å². The molecule has 84 valence electrons. The summed E-state index contributed by atoms with van der Waals surface area (Å²) in [7, 11) is 0. The molecule has 0 radical (unpaired) electrons. The largest absolute Gasteiger partial charge is 0.354 e. The number of nitrogens with zero attached hydrogens (tertiary/aromatic N) is 1. The van der Waals surface area contributed by atoms with E-state index in [0.29, 0.717) is 0 Å². The number of H-pyrrole nitrogens is 1. The molecule has 0 saturated heterocycles. The van der Waals surface area contributed by atoms with Crippen LogP contribution in [-0.2, 0) is 0 Å². The number of aryl methyl sites for hydroxylation is 1. The van der Waals surface area contributed by atoms with Crippen LogP contribution in [0.25, 0.3) is 22.2 Å². The maximum Gasteiger partial charge on any atom is 0.0492 e. The fourth-order valence-electron chi connectivity index (χ4n) is 2.01. The Bertz CT molecular complexity index is 686. The van der Waals surface area contributed by atoms with E-state index >= 15 is 0 Å². The van der Waals surface area contributed by atoms with Crippen LogP contribution in [-0.4, -0.2) is 9.97 Å². The second kappa shape index (κ2) is 3.90. The third-order valence-electron chi connectivity index (χ3n) is 2.88. The molecular weight excluding hydrogens is 232 g/mol. The molecule has 0 unspecified atom stereocenters. The lowest BCUT2D eigenvalue weighted by molar-refractivity contribution is 1.24. The van der Waals surface area contributed by atoms with Gasteiger partial charge >= 0.3 is 0 Å². The van der Waals surface area contributed by atoms with Gasteiger partial charge in [-0.15, -0.1) is 0 Å². The first kappa shape index (κ1) is 10.4. The van der Waals surface area contributed by atoms with E-state index in [0.717, 1.165) is 32.9 Å². The molecule has 0 saturated carbocycles. The highest BCUT2D eigenvalue weighted by Crippen LogP contribution is 2.26. The highest BCUT2D eigenvalue weighted by molar-refractivity contribution is 6.30. The van der Waals surface area contributed by atoms with Gasteiger partial charge in [0.1, 0.15) is 0 Å². The van der Waals surface area contributed by atoms with Gasteiger partial charge in [0, 0.05) is 33.5 Å². The van der Waals surface area contributed by atoms with Crippen molar-refractivity contribution in [2.45, 2.75) is 6.92 Å². The number of aromatic nitrogens is 2. The Kier molecular flexibility index (Phi) is 2.37. The highest BCUT2D eigenvalue weighted by atomic mass is 35.5. The predicted molar refractivity (Wildman–Crippen MR) is 71.3 cm³/mol. The minimum absolute atomic E-state index is 0.746. The summed E-state index contributed by atoms with van der Waals surface area (Å²) < 4.78 is 0. The minimum Gasteiger partial charge on any atom is -0.354 e. The molecule has 0 spiro atoms. The van der Waals surface area contributed by atoms with Crippen LogP contribution in [0.1, 0.15) is 5.69 Å². The lowest BCUT2D eigenvalue weighted by Gasteiger charge is -1.97. The van der Waals surface area contributed by atoms with Crippen molar-refractivity contribution < 1.29 is 0 Å². The summed E-state index contributed by atoms with van der Waals surface area (Å²) in [6.45, 7) is 2.01. The quantitative estimate of drug-likeness (QED) is 0.681. The zero-order valence-electron chi connectivity index (χ0n) is 9.37. The molecule has 0 fully saturated rings. The van der Waals surface area contributed by atoms with Crippen LogP contribution in [0.5, 0.6) is 0 Å². The van der Waals surface area contributed by atoms with Crippen LogP contribution >= 0.6 is 11.6 Å². The van der Waals surface area contributed by atoms with Gasteiger partial charge in [0.15, 0.2) is 0 Å². The zero-order valence-corrected chi connectivity index (χ0v) is 10.1. The lowest BCUT2D eigenvalue weighted by atomic mass is 10.1. The van der Waals surface area contributed by atoms with E-state index in [9.17, 15) is 0 Å². The molecule has 3 aromatic rings. The molecule has 0 aliphatic carbocycles. The topological polar surface area (TPSA) is 28.7 Å². The number of hydrogen-bond donors (Lipinski definition) is 1. The summed E-state index contributed by atoms with van der Waals surface area (Å²) in [5.41, 5.74) is 4.30. The smallest absolute Gasteiger partial charge is 0.0492 e. The summed E-state index contributed by atoms with van der Waals surface area (Å²) in [5.74, 6) is 0. The van der Waals surface area contributed by atoms with Gasteiger partial charge in [-0.1, -0.05) is 23.7 Å². The SMILES string of the molecule is Cc1nccc2[nH]c(-c3cccc(Cl)c3)cc12. The Labute approximate surface area is 104 Å². The van der Waals surface area contributed by atoms with Crippen LogP contribution in [0.3, 0.4) is 0 Å². The first-order valence-corrected chi connectivity index (χ1v) is 5.82. The first-order valence-electron chi connectivity index (χ1n) is 5.44. The summed E-state index contributed by atoms with van der Waals surface area (Å²) >= 11 is 6.00. The van der Waals surface area contributed by atoms with Crippen molar-refractivity contribution in [3.05, 3.63) is 53.3 Å². The Balaban J connectivity index is 2.22. The molecule has 1 N–H and O–H groups in total. The number of nitrogens with one attached hydrogen (secondary N) is 1. The van der Waals surface area contributed by atoms with Crippen LogP contribution < -0.4 is 0 Å². The predicted octanol–water partition coefficient (Wildman–Crippen LogP) is 4.19. The van der Waals surface area contributed by atoms with Gasteiger partial charge in [-0.3, -0.25) is 4.98 Å². The Morgan fingerprint density at radius 2 is 2.06 bits per heavy atom. The van der Waals surface area contributed by atoms with Crippen molar-refractivity contribution in [1.82, 2.24) is 9.97 Å². The average Bonchev–Trinajstić information content (AvgIpc) is 2.74. The first-order chi connectivity index (χ1) is 8.24. The summed E-state index contributed by atoms with van der Waals surface area (Å²) in [6, 6.07) is 11.9. The number of hydrogen-bond acceptors (Lipinski definition) is 1. The number of pyridine rings is 1. The molecule has 2 aromatic heterocycles. The van der Waals surface area contributed by atoms with Crippen molar-refractivity contribution in [1.29, 1.82) is 0 Å². The van der Waals surface area contributed by atoms with E-state index in [4.69, 9.17) is 11.6 Å². The molecule has 3 heteroatoms. The Morgan fingerprint density at radius 1 is 1.18 bits per heavy atom. The maximum atomic E-state index is 6.00. The van der Waals surface area contributed by atoms with Crippen LogP contribution in [0, 0.1) is 6.92 Å². The van der Waals surface area contributed by atoms with Crippen molar-refractivity contribution in [2.75, 3.05) is 0 Å². The molecule has 0 aliphatic heterocycles. The summed E-state index contributed by atoms with van der Waals surface area (Å²) in [6.07, 6.45) is 1.82.